The third-order valence-electron chi connectivity index (χ3n) is 12.8. The van der Waals surface area contributed by atoms with Gasteiger partial charge in [-0.1, -0.05) is 241 Å². The SMILES string of the molecule is CC/C=C\C/C=C\C/C=C\C/C=C\C/C=C\CCCC(=O)OC(COC(=O)CCCCCCCCC/C=C\C/C=C\CCCCC)COP(=O)(O)OCC(CO)OC(=O)CCCCCCCCCCCCCCCCC. The number of carbonyl (C=O) groups is 3. The summed E-state index contributed by atoms with van der Waals surface area (Å²) in [6.45, 7) is 4.46. The molecule has 0 fully saturated rings. The molecule has 0 rings (SSSR count). The summed E-state index contributed by atoms with van der Waals surface area (Å²) in [6.07, 6.45) is 66.8. The molecule has 0 amide bonds. The molecule has 3 unspecified atom stereocenters. The number of aliphatic hydroxyl groups is 1. The number of unbranched alkanes of at least 4 members (excludes halogenated alkanes) is 25. The number of hydrogen-bond acceptors (Lipinski definition) is 10. The summed E-state index contributed by atoms with van der Waals surface area (Å²) in [5.74, 6) is -1.54. The van der Waals surface area contributed by atoms with Gasteiger partial charge in [0.25, 0.3) is 0 Å². The summed E-state index contributed by atoms with van der Waals surface area (Å²) in [7, 11) is -4.77. The third kappa shape index (κ3) is 55.4. The summed E-state index contributed by atoms with van der Waals surface area (Å²) in [5.41, 5.74) is 0. The molecule has 0 aliphatic heterocycles. The Morgan fingerprint density at radius 3 is 1.13 bits per heavy atom. The molecule has 0 spiro atoms. The Hall–Kier alpha value is -3.34. The lowest BCUT2D eigenvalue weighted by Crippen LogP contribution is -2.30. The van der Waals surface area contributed by atoms with Gasteiger partial charge in [0.05, 0.1) is 19.8 Å². The molecule has 0 aromatic heterocycles. The summed E-state index contributed by atoms with van der Waals surface area (Å²) >= 11 is 0. The van der Waals surface area contributed by atoms with Crippen LogP contribution in [0, 0.1) is 0 Å². The highest BCUT2D eigenvalue weighted by Gasteiger charge is 2.28. The first-order chi connectivity index (χ1) is 37.2. The number of hydrogen-bond donors (Lipinski definition) is 2. The van der Waals surface area contributed by atoms with Crippen LogP contribution in [0.1, 0.15) is 265 Å². The van der Waals surface area contributed by atoms with E-state index in [2.05, 4.69) is 93.7 Å². The van der Waals surface area contributed by atoms with E-state index in [1.807, 2.05) is 12.2 Å². The Labute approximate surface area is 464 Å². The number of aliphatic hydroxyl groups excluding tert-OH is 1. The second-order valence-corrected chi connectivity index (χ2v) is 21.6. The van der Waals surface area contributed by atoms with Gasteiger partial charge in [-0.15, -0.1) is 0 Å². The van der Waals surface area contributed by atoms with E-state index in [1.54, 1.807) is 0 Å². The van der Waals surface area contributed by atoms with Crippen LogP contribution in [0.5, 0.6) is 0 Å². The molecule has 0 radical (unpaired) electrons. The molecule has 12 heteroatoms. The van der Waals surface area contributed by atoms with Crippen LogP contribution in [0.3, 0.4) is 0 Å². The second kappa shape index (κ2) is 57.8. The van der Waals surface area contributed by atoms with Crippen LogP contribution in [0.4, 0.5) is 0 Å². The normalized spacial score (nSPS) is 13.9. The fourth-order valence-electron chi connectivity index (χ4n) is 8.19. The highest BCUT2D eigenvalue weighted by Crippen LogP contribution is 2.43. The quantitative estimate of drug-likeness (QED) is 0.0197. The van der Waals surface area contributed by atoms with Gasteiger partial charge in [0, 0.05) is 19.3 Å². The lowest BCUT2D eigenvalue weighted by molar-refractivity contribution is -0.161. The zero-order chi connectivity index (χ0) is 55.5. The van der Waals surface area contributed by atoms with Crippen molar-refractivity contribution in [3.8, 4) is 0 Å². The molecule has 0 heterocycles. The fourth-order valence-corrected chi connectivity index (χ4v) is 8.97. The van der Waals surface area contributed by atoms with Gasteiger partial charge >= 0.3 is 25.7 Å². The minimum atomic E-state index is -4.77. The number of allylic oxidation sites excluding steroid dienone is 14. The van der Waals surface area contributed by atoms with Crippen molar-refractivity contribution < 1.29 is 52.2 Å². The van der Waals surface area contributed by atoms with Crippen molar-refractivity contribution in [1.29, 1.82) is 0 Å². The maximum absolute atomic E-state index is 12.9. The van der Waals surface area contributed by atoms with E-state index in [0.717, 1.165) is 89.9 Å². The van der Waals surface area contributed by atoms with Gasteiger partial charge < -0.3 is 24.2 Å². The van der Waals surface area contributed by atoms with E-state index in [9.17, 15) is 28.9 Å². The van der Waals surface area contributed by atoms with Gasteiger partial charge in [-0.3, -0.25) is 23.4 Å². The maximum Gasteiger partial charge on any atom is 0.472 e. The van der Waals surface area contributed by atoms with E-state index < -0.39 is 57.8 Å². The average Bonchev–Trinajstić information content (AvgIpc) is 3.41. The first kappa shape index (κ1) is 72.7. The molecule has 0 saturated carbocycles. The fraction of sp³-hybridized carbons (Fsp3) is 0.734. The van der Waals surface area contributed by atoms with Gasteiger partial charge in [0.2, 0.25) is 0 Å². The van der Waals surface area contributed by atoms with Crippen LogP contribution in [-0.2, 0) is 42.2 Å². The molecular weight excluding hydrogens is 976 g/mol. The van der Waals surface area contributed by atoms with E-state index in [1.165, 1.54) is 109 Å². The topological polar surface area (TPSA) is 155 Å². The predicted octanol–water partition coefficient (Wildman–Crippen LogP) is 18.3. The molecule has 0 aliphatic rings. The highest BCUT2D eigenvalue weighted by atomic mass is 31.2. The van der Waals surface area contributed by atoms with Gasteiger partial charge in [0.1, 0.15) is 12.7 Å². The number of rotatable bonds is 56. The summed E-state index contributed by atoms with van der Waals surface area (Å²) in [6, 6.07) is 0. The number of phosphoric ester groups is 1. The van der Waals surface area contributed by atoms with Gasteiger partial charge in [-0.25, -0.2) is 4.57 Å². The zero-order valence-electron chi connectivity index (χ0n) is 48.5. The Balaban J connectivity index is 4.79. The summed E-state index contributed by atoms with van der Waals surface area (Å²) < 4.78 is 39.5. The van der Waals surface area contributed by atoms with E-state index >= 15 is 0 Å². The van der Waals surface area contributed by atoms with Crippen LogP contribution < -0.4 is 0 Å². The molecule has 76 heavy (non-hydrogen) atoms. The number of esters is 3. The van der Waals surface area contributed by atoms with Crippen LogP contribution in [0.15, 0.2) is 85.1 Å². The van der Waals surface area contributed by atoms with Crippen LogP contribution in [0.25, 0.3) is 0 Å². The Morgan fingerprint density at radius 1 is 0.382 bits per heavy atom. The Bertz CT molecular complexity index is 1600. The number of ether oxygens (including phenoxy) is 3. The van der Waals surface area contributed by atoms with Crippen molar-refractivity contribution in [2.75, 3.05) is 26.4 Å². The molecule has 0 aromatic carbocycles. The lowest BCUT2D eigenvalue weighted by atomic mass is 10.0. The van der Waals surface area contributed by atoms with Gasteiger partial charge in [-0.05, 0) is 89.9 Å². The molecule has 0 bridgehead atoms. The van der Waals surface area contributed by atoms with Gasteiger partial charge in [0.15, 0.2) is 6.10 Å². The minimum Gasteiger partial charge on any atom is -0.462 e. The van der Waals surface area contributed by atoms with Crippen LogP contribution in [0.2, 0.25) is 0 Å². The first-order valence-corrected chi connectivity index (χ1v) is 32.0. The maximum atomic E-state index is 12.9. The van der Waals surface area contributed by atoms with Crippen molar-refractivity contribution in [3.05, 3.63) is 85.1 Å². The smallest absolute Gasteiger partial charge is 0.462 e. The number of phosphoric acid groups is 1. The Kier molecular flexibility index (Phi) is 55.3. The lowest BCUT2D eigenvalue weighted by Gasteiger charge is -2.21. The largest absolute Gasteiger partial charge is 0.472 e. The molecule has 0 saturated heterocycles. The standard InChI is InChI=1S/C64H111O11P/c1-4-7-10-13-16-19-22-25-28-30-33-35-38-41-44-47-50-53-62(66)71-57-61(75-64(68)55-52-49-46-43-40-37-34-31-29-26-23-20-17-14-11-8-5-2)59-73-76(69,70)72-58-60(56-65)74-63(67)54-51-48-45-42-39-36-32-27-24-21-18-15-12-9-6-3/h8,11,16-17,19-20,25-26,28-29,34,37,43,46,60-61,65H,4-7,9-10,12-15,18,21-24,27,30-33,35-36,38-42,44-45,47-59H2,1-3H3,(H,69,70)/b11-8-,19-16-,20-17-,28-25-,29-26-,37-34-,46-43-. The zero-order valence-corrected chi connectivity index (χ0v) is 49.3. The summed E-state index contributed by atoms with van der Waals surface area (Å²) in [5, 5.41) is 9.83. The molecule has 3 atom stereocenters. The van der Waals surface area contributed by atoms with E-state index in [4.69, 9.17) is 23.3 Å². The highest BCUT2D eigenvalue weighted by molar-refractivity contribution is 7.47. The van der Waals surface area contributed by atoms with Crippen LogP contribution >= 0.6 is 7.82 Å². The number of carbonyl (C=O) groups excluding carboxylic acids is 3. The molecule has 2 N–H and O–H groups in total. The minimum absolute atomic E-state index is 0.0859. The third-order valence-corrected chi connectivity index (χ3v) is 13.8. The molecule has 0 aliphatic carbocycles. The van der Waals surface area contributed by atoms with Crippen molar-refractivity contribution in [1.82, 2.24) is 0 Å². The van der Waals surface area contributed by atoms with E-state index in [-0.39, 0.29) is 25.9 Å². The molecular formula is C64H111O11P. The van der Waals surface area contributed by atoms with Crippen molar-refractivity contribution in [2.45, 2.75) is 277 Å². The van der Waals surface area contributed by atoms with E-state index in [0.29, 0.717) is 25.7 Å². The second-order valence-electron chi connectivity index (χ2n) is 20.1. The predicted molar refractivity (Wildman–Crippen MR) is 316 cm³/mol. The molecule has 438 valence electrons. The van der Waals surface area contributed by atoms with Crippen LogP contribution in [-0.4, -0.2) is 66.5 Å². The Morgan fingerprint density at radius 2 is 0.697 bits per heavy atom. The van der Waals surface area contributed by atoms with Crippen molar-refractivity contribution in [3.63, 3.8) is 0 Å². The monoisotopic (exact) mass is 1090 g/mol. The van der Waals surface area contributed by atoms with Crippen molar-refractivity contribution >= 4 is 25.7 Å². The average molecular weight is 1090 g/mol. The van der Waals surface area contributed by atoms with Crippen molar-refractivity contribution in [2.24, 2.45) is 0 Å². The summed E-state index contributed by atoms with van der Waals surface area (Å²) in [4.78, 5) is 48.6. The molecule has 11 nitrogen and oxygen atoms in total. The molecule has 0 aromatic rings. The first-order valence-electron chi connectivity index (χ1n) is 30.5. The van der Waals surface area contributed by atoms with Gasteiger partial charge in [-0.2, -0.15) is 0 Å².